The Morgan fingerprint density at radius 1 is 0.939 bits per heavy atom. The Kier molecular flexibility index (Phi) is 5.56. The molecule has 0 aliphatic carbocycles. The zero-order chi connectivity index (χ0) is 22.9. The van der Waals surface area contributed by atoms with Gasteiger partial charge in [-0.25, -0.2) is 4.98 Å². The number of nitrogens with one attached hydrogen (secondary N) is 1. The summed E-state index contributed by atoms with van der Waals surface area (Å²) >= 11 is 5.87. The monoisotopic (exact) mass is 455 g/mol. The quantitative estimate of drug-likeness (QED) is 0.424. The fourth-order valence-electron chi connectivity index (χ4n) is 4.68. The van der Waals surface area contributed by atoms with E-state index in [4.69, 9.17) is 17.0 Å². The molecule has 4 heterocycles. The van der Waals surface area contributed by atoms with Gasteiger partial charge in [0, 0.05) is 23.8 Å². The number of hydrogen-bond acceptors (Lipinski definition) is 4. The molecular formula is C26H25N5OS. The van der Waals surface area contributed by atoms with Crippen LogP contribution in [0.15, 0.2) is 79.1 Å². The number of nitrogens with zero attached hydrogens (tertiary/aromatic N) is 4. The summed E-state index contributed by atoms with van der Waals surface area (Å²) in [7, 11) is 1.68. The second-order valence-electron chi connectivity index (χ2n) is 8.02. The first-order valence-electron chi connectivity index (χ1n) is 10.8. The number of hydrogen-bond donors (Lipinski definition) is 1. The normalized spacial score (nSPS) is 17.8. The number of pyridine rings is 2. The zero-order valence-corrected chi connectivity index (χ0v) is 19.6. The van der Waals surface area contributed by atoms with Crippen molar-refractivity contribution < 1.29 is 4.74 Å². The molecule has 0 bridgehead atoms. The van der Waals surface area contributed by atoms with Gasteiger partial charge in [0.25, 0.3) is 0 Å². The van der Waals surface area contributed by atoms with Crippen LogP contribution in [0.5, 0.6) is 5.75 Å². The van der Waals surface area contributed by atoms with Crippen LogP contribution in [0.2, 0.25) is 0 Å². The maximum Gasteiger partial charge on any atom is 0.174 e. The van der Waals surface area contributed by atoms with Crippen LogP contribution in [0.3, 0.4) is 0 Å². The minimum atomic E-state index is -0.124. The third-order valence-electron chi connectivity index (χ3n) is 6.11. The molecule has 1 aromatic carbocycles. The fourth-order valence-corrected chi connectivity index (χ4v) is 5.02. The average molecular weight is 456 g/mol. The summed E-state index contributed by atoms with van der Waals surface area (Å²) in [5.41, 5.74) is 5.24. The van der Waals surface area contributed by atoms with E-state index in [1.165, 1.54) is 0 Å². The van der Waals surface area contributed by atoms with Crippen molar-refractivity contribution in [2.75, 3.05) is 12.0 Å². The van der Waals surface area contributed by atoms with Crippen molar-refractivity contribution in [2.24, 2.45) is 0 Å². The zero-order valence-electron chi connectivity index (χ0n) is 18.8. The predicted octanol–water partition coefficient (Wildman–Crippen LogP) is 5.07. The van der Waals surface area contributed by atoms with Gasteiger partial charge in [-0.1, -0.05) is 24.3 Å². The standard InChI is InChI=1S/C26H25N5OS/c1-17-16-19(18(2)30(17)23-13-7-9-15-28-23)25-24(20-10-6-8-14-27-20)29-26(33)31(25)21-11-4-5-12-22(21)32-3/h4-16,24-25H,1-3H3,(H,29,33). The number of benzene rings is 1. The number of methoxy groups -OCH3 is 1. The van der Waals surface area contributed by atoms with Crippen LogP contribution in [-0.4, -0.2) is 26.8 Å². The van der Waals surface area contributed by atoms with Gasteiger partial charge in [0.1, 0.15) is 11.6 Å². The van der Waals surface area contributed by atoms with Crippen LogP contribution < -0.4 is 15.0 Å². The van der Waals surface area contributed by atoms with E-state index >= 15 is 0 Å². The smallest absolute Gasteiger partial charge is 0.174 e. The molecule has 2 atom stereocenters. The summed E-state index contributed by atoms with van der Waals surface area (Å²) in [5.74, 6) is 1.66. The molecule has 5 rings (SSSR count). The van der Waals surface area contributed by atoms with E-state index in [1.807, 2.05) is 73.1 Å². The van der Waals surface area contributed by atoms with Gasteiger partial charge < -0.3 is 19.5 Å². The van der Waals surface area contributed by atoms with Gasteiger partial charge in [-0.3, -0.25) is 4.98 Å². The minimum Gasteiger partial charge on any atom is -0.495 e. The summed E-state index contributed by atoms with van der Waals surface area (Å²) in [5, 5.41) is 4.17. The van der Waals surface area contributed by atoms with Crippen LogP contribution in [0.4, 0.5) is 5.69 Å². The molecule has 1 fully saturated rings. The van der Waals surface area contributed by atoms with Gasteiger partial charge >= 0.3 is 0 Å². The number of para-hydroxylation sites is 2. The molecule has 166 valence electrons. The molecule has 0 saturated carbocycles. The van der Waals surface area contributed by atoms with Crippen LogP contribution in [0, 0.1) is 13.8 Å². The summed E-state index contributed by atoms with van der Waals surface area (Å²) in [6.45, 7) is 4.24. The van der Waals surface area contributed by atoms with Gasteiger partial charge in [0.05, 0.1) is 30.6 Å². The van der Waals surface area contributed by atoms with Crippen molar-refractivity contribution in [3.63, 3.8) is 0 Å². The van der Waals surface area contributed by atoms with Crippen molar-refractivity contribution in [1.82, 2.24) is 19.9 Å². The highest BCUT2D eigenvalue weighted by molar-refractivity contribution is 7.80. The molecule has 4 aromatic rings. The van der Waals surface area contributed by atoms with E-state index in [-0.39, 0.29) is 12.1 Å². The van der Waals surface area contributed by atoms with Gasteiger partial charge in [-0.05, 0) is 74.1 Å². The summed E-state index contributed by atoms with van der Waals surface area (Å²) in [6.07, 6.45) is 3.64. The largest absolute Gasteiger partial charge is 0.495 e. The molecule has 1 aliphatic rings. The molecule has 33 heavy (non-hydrogen) atoms. The van der Waals surface area contributed by atoms with E-state index in [9.17, 15) is 0 Å². The van der Waals surface area contributed by atoms with Crippen LogP contribution >= 0.6 is 12.2 Å². The van der Waals surface area contributed by atoms with E-state index in [0.717, 1.165) is 39.9 Å². The molecular weight excluding hydrogens is 430 g/mol. The highest BCUT2D eigenvalue weighted by atomic mass is 32.1. The molecule has 1 saturated heterocycles. The number of aromatic nitrogens is 3. The maximum atomic E-state index is 5.87. The van der Waals surface area contributed by atoms with E-state index in [2.05, 4.69) is 44.7 Å². The molecule has 1 aliphatic heterocycles. The number of thiocarbonyl (C=S) groups is 1. The number of aryl methyl sites for hydroxylation is 1. The Labute approximate surface area is 198 Å². The van der Waals surface area contributed by atoms with E-state index < -0.39 is 0 Å². The lowest BCUT2D eigenvalue weighted by Gasteiger charge is -2.29. The highest BCUT2D eigenvalue weighted by Crippen LogP contribution is 2.45. The third kappa shape index (κ3) is 3.64. The van der Waals surface area contributed by atoms with E-state index in [1.54, 1.807) is 7.11 Å². The SMILES string of the molecule is COc1ccccc1N1C(=S)NC(c2ccccn2)C1c1cc(C)n(-c2ccccn2)c1C. The fraction of sp³-hybridized carbons (Fsp3) is 0.192. The Morgan fingerprint density at radius 2 is 1.67 bits per heavy atom. The summed E-state index contributed by atoms with van der Waals surface area (Å²) in [6, 6.07) is 21.9. The van der Waals surface area contributed by atoms with Crippen molar-refractivity contribution in [2.45, 2.75) is 25.9 Å². The molecule has 6 nitrogen and oxygen atoms in total. The lowest BCUT2D eigenvalue weighted by Crippen LogP contribution is -2.30. The molecule has 3 aromatic heterocycles. The van der Waals surface area contributed by atoms with Crippen molar-refractivity contribution in [3.05, 3.63) is 102 Å². The van der Waals surface area contributed by atoms with Crippen LogP contribution in [-0.2, 0) is 0 Å². The molecule has 0 spiro atoms. The summed E-state index contributed by atoms with van der Waals surface area (Å²) in [4.78, 5) is 11.4. The number of ether oxygens (including phenoxy) is 1. The molecule has 7 heteroatoms. The van der Waals surface area contributed by atoms with Gasteiger partial charge in [0.15, 0.2) is 5.11 Å². The Hall–Kier alpha value is -3.71. The minimum absolute atomic E-state index is 0.118. The molecule has 0 amide bonds. The second kappa shape index (κ2) is 8.67. The van der Waals surface area contributed by atoms with Crippen molar-refractivity contribution in [1.29, 1.82) is 0 Å². The van der Waals surface area contributed by atoms with Gasteiger partial charge in [-0.2, -0.15) is 0 Å². The average Bonchev–Trinajstić information content (AvgIpc) is 3.35. The summed E-state index contributed by atoms with van der Waals surface area (Å²) < 4.78 is 7.89. The molecule has 2 unspecified atom stereocenters. The Bertz CT molecular complexity index is 1290. The number of anilines is 1. The Balaban J connectivity index is 1.71. The first-order chi connectivity index (χ1) is 16.1. The Morgan fingerprint density at radius 3 is 2.36 bits per heavy atom. The number of rotatable bonds is 5. The lowest BCUT2D eigenvalue weighted by molar-refractivity contribution is 0.414. The van der Waals surface area contributed by atoms with E-state index in [0.29, 0.717) is 5.11 Å². The molecule has 1 N–H and O–H groups in total. The topological polar surface area (TPSA) is 55.2 Å². The first-order valence-corrected chi connectivity index (χ1v) is 11.2. The third-order valence-corrected chi connectivity index (χ3v) is 6.42. The first kappa shape index (κ1) is 21.2. The van der Waals surface area contributed by atoms with Crippen LogP contribution in [0.25, 0.3) is 5.82 Å². The van der Waals surface area contributed by atoms with Crippen molar-refractivity contribution >= 4 is 23.0 Å². The van der Waals surface area contributed by atoms with Crippen LogP contribution in [0.1, 0.15) is 34.7 Å². The highest BCUT2D eigenvalue weighted by Gasteiger charge is 2.43. The maximum absolute atomic E-state index is 5.87. The van der Waals surface area contributed by atoms with Crippen molar-refractivity contribution in [3.8, 4) is 11.6 Å². The second-order valence-corrected chi connectivity index (χ2v) is 8.40. The van der Waals surface area contributed by atoms with Gasteiger partial charge in [0.2, 0.25) is 0 Å². The predicted molar refractivity (Wildman–Crippen MR) is 134 cm³/mol. The molecule has 0 radical (unpaired) electrons. The lowest BCUT2D eigenvalue weighted by atomic mass is 9.96. The van der Waals surface area contributed by atoms with Gasteiger partial charge in [-0.15, -0.1) is 0 Å².